The monoisotopic (exact) mass is 380 g/mol. The molecule has 0 aliphatic rings. The lowest BCUT2D eigenvalue weighted by Gasteiger charge is -2.16. The molecule has 0 fully saturated rings. The summed E-state index contributed by atoms with van der Waals surface area (Å²) in [6, 6.07) is 2.77. The molecule has 0 aliphatic carbocycles. The first-order valence-corrected chi connectivity index (χ1v) is 9.84. The molecule has 0 saturated heterocycles. The van der Waals surface area contributed by atoms with Gasteiger partial charge in [0.1, 0.15) is 4.90 Å². The number of halogens is 3. The van der Waals surface area contributed by atoms with Crippen molar-refractivity contribution in [3.05, 3.63) is 23.8 Å². The molecule has 1 rings (SSSR count). The molecule has 1 aromatic carbocycles. The van der Waals surface area contributed by atoms with E-state index in [0.717, 1.165) is 23.9 Å². The number of benzene rings is 1. The molecule has 22 heavy (non-hydrogen) atoms. The number of rotatable bonds is 6. The van der Waals surface area contributed by atoms with E-state index in [2.05, 4.69) is 4.18 Å². The molecule has 0 amide bonds. The van der Waals surface area contributed by atoms with Gasteiger partial charge in [-0.25, -0.2) is 0 Å². The van der Waals surface area contributed by atoms with E-state index in [0.29, 0.717) is 11.8 Å². The van der Waals surface area contributed by atoms with Gasteiger partial charge in [0.05, 0.1) is 5.56 Å². The molecule has 0 radical (unpaired) electrons. The minimum Gasteiger partial charge on any atom is -0.323 e. The van der Waals surface area contributed by atoms with E-state index in [1.54, 1.807) is 6.92 Å². The minimum atomic E-state index is -4.99. The summed E-state index contributed by atoms with van der Waals surface area (Å²) in [4.78, 5) is 15.9. The minimum absolute atomic E-state index is 0.206. The van der Waals surface area contributed by atoms with E-state index in [1.807, 2.05) is 0 Å². The van der Waals surface area contributed by atoms with E-state index < -0.39 is 40.7 Å². The molecule has 0 aliphatic heterocycles. The van der Waals surface area contributed by atoms with Crippen LogP contribution in [0.3, 0.4) is 0 Å². The van der Waals surface area contributed by atoms with Gasteiger partial charge in [-0.2, -0.15) is 21.6 Å². The molecule has 126 valence electrons. The Morgan fingerprint density at radius 2 is 1.91 bits per heavy atom. The second-order valence-corrected chi connectivity index (χ2v) is 8.37. The molecular formula is C10H12F3O6PS2. The topological polar surface area (TPSA) is 101 Å². The summed E-state index contributed by atoms with van der Waals surface area (Å²) in [7, 11) is -9.85. The molecule has 12 heteroatoms. The summed E-state index contributed by atoms with van der Waals surface area (Å²) in [6.07, 6.45) is -6.49. The molecule has 0 unspecified atom stereocenters. The molecule has 0 aromatic heterocycles. The van der Waals surface area contributed by atoms with Gasteiger partial charge in [-0.1, -0.05) is 13.0 Å². The Hall–Kier alpha value is -0.580. The van der Waals surface area contributed by atoms with Crippen LogP contribution in [0.1, 0.15) is 12.5 Å². The molecule has 0 bridgehead atoms. The number of thioether (sulfide) groups is 1. The second-order valence-electron chi connectivity index (χ2n) is 3.93. The average molecular weight is 380 g/mol. The Kier molecular flexibility index (Phi) is 6.10. The third kappa shape index (κ3) is 5.25. The first-order valence-electron chi connectivity index (χ1n) is 5.65. The van der Waals surface area contributed by atoms with Crippen LogP contribution in [0.5, 0.6) is 0 Å². The maximum atomic E-state index is 13.0. The van der Waals surface area contributed by atoms with Crippen molar-refractivity contribution in [2.75, 3.05) is 12.1 Å². The number of hydrogen-bond donors (Lipinski definition) is 2. The fourth-order valence-corrected chi connectivity index (χ4v) is 4.66. The van der Waals surface area contributed by atoms with Gasteiger partial charge in [0.2, 0.25) is 0 Å². The molecule has 0 atom stereocenters. The highest BCUT2D eigenvalue weighted by Gasteiger charge is 2.39. The SMILES string of the molecule is CCSc1cccc(C(F)(F)F)c1S(=O)(=O)OCP(=O)(O)O. The fraction of sp³-hybridized carbons (Fsp3) is 0.400. The van der Waals surface area contributed by atoms with Crippen LogP contribution in [0.4, 0.5) is 13.2 Å². The van der Waals surface area contributed by atoms with E-state index in [9.17, 15) is 26.2 Å². The summed E-state index contributed by atoms with van der Waals surface area (Å²) < 4.78 is 77.7. The van der Waals surface area contributed by atoms with Gasteiger partial charge in [0.25, 0.3) is 10.1 Å². The summed E-state index contributed by atoms with van der Waals surface area (Å²) in [5.74, 6) is 0.294. The highest BCUT2D eigenvalue weighted by atomic mass is 32.2. The van der Waals surface area contributed by atoms with Gasteiger partial charge in [-0.05, 0) is 17.9 Å². The standard InChI is InChI=1S/C10H12F3O6PS2/c1-2-21-8-5-3-4-7(10(11,12)13)9(8)22(17,18)19-6-20(14,15)16/h3-5H,2,6H2,1H3,(H2,14,15,16). The Morgan fingerprint density at radius 3 is 2.36 bits per heavy atom. The highest BCUT2D eigenvalue weighted by molar-refractivity contribution is 8.00. The van der Waals surface area contributed by atoms with Crippen LogP contribution in [0.25, 0.3) is 0 Å². The van der Waals surface area contributed by atoms with Crippen LogP contribution < -0.4 is 0 Å². The van der Waals surface area contributed by atoms with Crippen LogP contribution in [0.15, 0.2) is 28.0 Å². The van der Waals surface area contributed by atoms with Gasteiger partial charge in [0, 0.05) is 4.90 Å². The van der Waals surface area contributed by atoms with E-state index in [4.69, 9.17) is 9.79 Å². The Balaban J connectivity index is 3.45. The van der Waals surface area contributed by atoms with Gasteiger partial charge in [-0.3, -0.25) is 8.75 Å². The fourth-order valence-electron chi connectivity index (χ4n) is 1.46. The van der Waals surface area contributed by atoms with Gasteiger partial charge < -0.3 is 9.79 Å². The summed E-state index contributed by atoms with van der Waals surface area (Å²) in [6.45, 7) is 1.61. The lowest BCUT2D eigenvalue weighted by molar-refractivity contribution is -0.140. The summed E-state index contributed by atoms with van der Waals surface area (Å²) >= 11 is 0.839. The van der Waals surface area contributed by atoms with Crippen LogP contribution >= 0.6 is 19.4 Å². The normalized spacial score (nSPS) is 13.4. The lowest BCUT2D eigenvalue weighted by atomic mass is 10.2. The van der Waals surface area contributed by atoms with Crippen LogP contribution in [-0.4, -0.2) is 30.3 Å². The van der Waals surface area contributed by atoms with E-state index in [1.165, 1.54) is 0 Å². The van der Waals surface area contributed by atoms with Crippen molar-refractivity contribution in [2.24, 2.45) is 0 Å². The zero-order valence-electron chi connectivity index (χ0n) is 11.1. The highest BCUT2D eigenvalue weighted by Crippen LogP contribution is 2.41. The first-order chi connectivity index (χ1) is 9.88. The molecule has 0 spiro atoms. The molecule has 0 saturated carbocycles. The number of alkyl halides is 3. The zero-order valence-corrected chi connectivity index (χ0v) is 13.6. The van der Waals surface area contributed by atoms with Crippen LogP contribution in [-0.2, 0) is 25.0 Å². The lowest BCUT2D eigenvalue weighted by Crippen LogP contribution is -2.17. The van der Waals surface area contributed by atoms with Crippen molar-refractivity contribution in [2.45, 2.75) is 22.9 Å². The Bertz CT molecular complexity index is 682. The van der Waals surface area contributed by atoms with Crippen molar-refractivity contribution in [3.8, 4) is 0 Å². The van der Waals surface area contributed by atoms with Crippen LogP contribution in [0, 0.1) is 0 Å². The smallest absolute Gasteiger partial charge is 0.323 e. The van der Waals surface area contributed by atoms with Gasteiger partial charge in [0.15, 0.2) is 6.35 Å². The largest absolute Gasteiger partial charge is 0.417 e. The van der Waals surface area contributed by atoms with Crippen molar-refractivity contribution < 1.29 is 40.1 Å². The van der Waals surface area contributed by atoms with Gasteiger partial charge in [-0.15, -0.1) is 11.8 Å². The average Bonchev–Trinajstić information content (AvgIpc) is 2.35. The summed E-state index contributed by atoms with van der Waals surface area (Å²) in [5, 5.41) is 0. The van der Waals surface area contributed by atoms with Crippen molar-refractivity contribution in [3.63, 3.8) is 0 Å². The van der Waals surface area contributed by atoms with Crippen molar-refractivity contribution in [1.29, 1.82) is 0 Å². The molecule has 0 heterocycles. The van der Waals surface area contributed by atoms with Gasteiger partial charge >= 0.3 is 13.8 Å². The predicted octanol–water partition coefficient (Wildman–Crippen LogP) is 2.66. The van der Waals surface area contributed by atoms with Crippen LogP contribution in [0.2, 0.25) is 0 Å². The second kappa shape index (κ2) is 6.90. The Morgan fingerprint density at radius 1 is 1.32 bits per heavy atom. The zero-order chi connectivity index (χ0) is 17.2. The number of hydrogen-bond acceptors (Lipinski definition) is 5. The van der Waals surface area contributed by atoms with Crippen molar-refractivity contribution >= 4 is 29.5 Å². The summed E-state index contributed by atoms with van der Waals surface area (Å²) in [5.41, 5.74) is -1.45. The predicted molar refractivity (Wildman–Crippen MR) is 73.0 cm³/mol. The Labute approximate surface area is 129 Å². The quantitative estimate of drug-likeness (QED) is 0.444. The molecule has 2 N–H and O–H groups in total. The first kappa shape index (κ1) is 19.5. The van der Waals surface area contributed by atoms with Crippen molar-refractivity contribution in [1.82, 2.24) is 0 Å². The molecule has 1 aromatic rings. The molecular weight excluding hydrogens is 368 g/mol. The molecule has 6 nitrogen and oxygen atoms in total. The maximum absolute atomic E-state index is 13.0. The van der Waals surface area contributed by atoms with E-state index in [-0.39, 0.29) is 4.90 Å². The third-order valence-electron chi connectivity index (χ3n) is 2.21. The third-order valence-corrected chi connectivity index (χ3v) is 5.29. The van der Waals surface area contributed by atoms with E-state index >= 15 is 0 Å². The maximum Gasteiger partial charge on any atom is 0.417 e.